The van der Waals surface area contributed by atoms with Crippen molar-refractivity contribution in [3.63, 3.8) is 0 Å². The molecule has 1 aliphatic heterocycles. The van der Waals surface area contributed by atoms with Crippen LogP contribution in [0.5, 0.6) is 0 Å². The molecule has 0 N–H and O–H groups in total. The van der Waals surface area contributed by atoms with E-state index in [1.165, 1.54) is 12.0 Å². The largest absolute Gasteiger partial charge is 0.469 e. The van der Waals surface area contributed by atoms with Gasteiger partial charge in [0.15, 0.2) is 0 Å². The lowest BCUT2D eigenvalue weighted by Crippen LogP contribution is -2.41. The number of thioether (sulfide) groups is 1. The second kappa shape index (κ2) is 7.69. The van der Waals surface area contributed by atoms with E-state index < -0.39 is 0 Å². The molecule has 20 heavy (non-hydrogen) atoms. The molecule has 0 radical (unpaired) electrons. The Morgan fingerprint density at radius 2 is 2.20 bits per heavy atom. The van der Waals surface area contributed by atoms with Gasteiger partial charge in [-0.1, -0.05) is 6.07 Å². The van der Waals surface area contributed by atoms with Gasteiger partial charge >= 0.3 is 5.97 Å². The molecule has 2 rings (SSSR count). The summed E-state index contributed by atoms with van der Waals surface area (Å²) in [6.45, 7) is 1.33. The van der Waals surface area contributed by atoms with Crippen molar-refractivity contribution in [2.75, 3.05) is 26.0 Å². The summed E-state index contributed by atoms with van der Waals surface area (Å²) in [4.78, 5) is 26.6. The lowest BCUT2D eigenvalue weighted by atomic mass is 9.97. The van der Waals surface area contributed by atoms with E-state index in [0.717, 1.165) is 5.75 Å². The van der Waals surface area contributed by atoms with Crippen molar-refractivity contribution in [3.8, 4) is 0 Å². The van der Waals surface area contributed by atoms with E-state index in [2.05, 4.69) is 11.4 Å². The molecule has 0 aliphatic carbocycles. The maximum Gasteiger partial charge on any atom is 0.308 e. The van der Waals surface area contributed by atoms with Crippen LogP contribution in [0.25, 0.3) is 0 Å². The van der Waals surface area contributed by atoms with Crippen LogP contribution in [0.2, 0.25) is 0 Å². The standard InChI is InChI=1S/C14H19NO3S2/c1-18-14(17)11-4-6-15(7-5-11)13(16)10-19-9-12-3-2-8-20-12/h2-3,8,11H,4-7,9-10H2,1H3. The third-order valence-corrected chi connectivity index (χ3v) is 5.46. The predicted molar refractivity (Wildman–Crippen MR) is 81.8 cm³/mol. The third kappa shape index (κ3) is 4.24. The van der Waals surface area contributed by atoms with Crippen molar-refractivity contribution in [3.05, 3.63) is 22.4 Å². The molecule has 1 amide bonds. The minimum Gasteiger partial charge on any atom is -0.469 e. The van der Waals surface area contributed by atoms with Crippen molar-refractivity contribution < 1.29 is 14.3 Å². The molecule has 1 saturated heterocycles. The van der Waals surface area contributed by atoms with Gasteiger partial charge in [-0.05, 0) is 24.3 Å². The van der Waals surface area contributed by atoms with Crippen molar-refractivity contribution >= 4 is 35.0 Å². The number of ether oxygens (including phenoxy) is 1. The lowest BCUT2D eigenvalue weighted by molar-refractivity contribution is -0.148. The fourth-order valence-electron chi connectivity index (χ4n) is 2.26. The van der Waals surface area contributed by atoms with E-state index in [9.17, 15) is 9.59 Å². The van der Waals surface area contributed by atoms with Crippen molar-refractivity contribution in [2.24, 2.45) is 5.92 Å². The van der Waals surface area contributed by atoms with Crippen LogP contribution in [-0.4, -0.2) is 42.7 Å². The Balaban J connectivity index is 1.68. The Morgan fingerprint density at radius 3 is 2.80 bits per heavy atom. The molecule has 0 atom stereocenters. The van der Waals surface area contributed by atoms with E-state index >= 15 is 0 Å². The molecule has 110 valence electrons. The van der Waals surface area contributed by atoms with Crippen LogP contribution < -0.4 is 0 Å². The normalized spacial score (nSPS) is 16.1. The highest BCUT2D eigenvalue weighted by Gasteiger charge is 2.27. The van der Waals surface area contributed by atoms with Crippen molar-refractivity contribution in [1.29, 1.82) is 0 Å². The number of carbonyl (C=O) groups is 2. The number of likely N-dealkylation sites (tertiary alicyclic amines) is 1. The zero-order chi connectivity index (χ0) is 14.4. The van der Waals surface area contributed by atoms with Gasteiger partial charge in [0.2, 0.25) is 5.91 Å². The molecular weight excluding hydrogens is 294 g/mol. The molecule has 0 aromatic carbocycles. The lowest BCUT2D eigenvalue weighted by Gasteiger charge is -2.30. The fraction of sp³-hybridized carbons (Fsp3) is 0.571. The molecule has 1 fully saturated rings. The first-order valence-electron chi connectivity index (χ1n) is 6.66. The monoisotopic (exact) mass is 313 g/mol. The molecule has 0 spiro atoms. The molecule has 0 saturated carbocycles. The maximum atomic E-state index is 12.1. The fourth-order valence-corrected chi connectivity index (χ4v) is 4.02. The summed E-state index contributed by atoms with van der Waals surface area (Å²) in [5.41, 5.74) is 0. The average Bonchev–Trinajstić information content (AvgIpc) is 2.99. The van der Waals surface area contributed by atoms with Gasteiger partial charge in [-0.3, -0.25) is 9.59 Å². The molecule has 1 aromatic heterocycles. The number of nitrogens with zero attached hydrogens (tertiary/aromatic N) is 1. The van der Waals surface area contributed by atoms with Crippen LogP contribution in [-0.2, 0) is 20.1 Å². The minimum atomic E-state index is -0.149. The second-order valence-electron chi connectivity index (χ2n) is 4.75. The summed E-state index contributed by atoms with van der Waals surface area (Å²) in [6.07, 6.45) is 1.43. The van der Waals surface area contributed by atoms with Crippen LogP contribution in [0.4, 0.5) is 0 Å². The number of hydrogen-bond acceptors (Lipinski definition) is 5. The highest BCUT2D eigenvalue weighted by molar-refractivity contribution is 7.99. The van der Waals surface area contributed by atoms with Gasteiger partial charge in [0, 0.05) is 23.7 Å². The summed E-state index contributed by atoms with van der Waals surface area (Å²) >= 11 is 3.37. The van der Waals surface area contributed by atoms with Gasteiger partial charge < -0.3 is 9.64 Å². The SMILES string of the molecule is COC(=O)C1CCN(C(=O)CSCc2cccs2)CC1. The molecule has 4 nitrogen and oxygen atoms in total. The van der Waals surface area contributed by atoms with Gasteiger partial charge in [-0.25, -0.2) is 0 Å². The van der Waals surface area contributed by atoms with Gasteiger partial charge in [-0.2, -0.15) is 0 Å². The number of methoxy groups -OCH3 is 1. The Kier molecular flexibility index (Phi) is 5.91. The van der Waals surface area contributed by atoms with Gasteiger partial charge in [0.05, 0.1) is 18.8 Å². The minimum absolute atomic E-state index is 0.0391. The molecule has 2 heterocycles. The smallest absolute Gasteiger partial charge is 0.308 e. The average molecular weight is 313 g/mol. The predicted octanol–water partition coefficient (Wildman–Crippen LogP) is 2.39. The first-order valence-corrected chi connectivity index (χ1v) is 8.70. The number of carbonyl (C=O) groups excluding carboxylic acids is 2. The highest BCUT2D eigenvalue weighted by Crippen LogP contribution is 2.21. The number of piperidine rings is 1. The Bertz CT molecular complexity index is 439. The van der Waals surface area contributed by atoms with Crippen LogP contribution in [0.15, 0.2) is 17.5 Å². The quantitative estimate of drug-likeness (QED) is 0.783. The first-order chi connectivity index (χ1) is 9.70. The number of amides is 1. The molecule has 0 bridgehead atoms. The zero-order valence-electron chi connectivity index (χ0n) is 11.5. The van der Waals surface area contributed by atoms with Crippen molar-refractivity contribution in [2.45, 2.75) is 18.6 Å². The second-order valence-corrected chi connectivity index (χ2v) is 6.77. The zero-order valence-corrected chi connectivity index (χ0v) is 13.2. The summed E-state index contributed by atoms with van der Waals surface area (Å²) < 4.78 is 4.75. The van der Waals surface area contributed by atoms with Crippen LogP contribution in [0.1, 0.15) is 17.7 Å². The van der Waals surface area contributed by atoms with E-state index in [0.29, 0.717) is 31.7 Å². The van der Waals surface area contributed by atoms with Crippen LogP contribution in [0, 0.1) is 5.92 Å². The van der Waals surface area contributed by atoms with Crippen LogP contribution in [0.3, 0.4) is 0 Å². The van der Waals surface area contributed by atoms with Gasteiger partial charge in [-0.15, -0.1) is 23.1 Å². The van der Waals surface area contributed by atoms with Crippen molar-refractivity contribution in [1.82, 2.24) is 4.90 Å². The Labute approximate surface area is 127 Å². The first kappa shape index (κ1) is 15.4. The van der Waals surface area contributed by atoms with E-state index in [4.69, 9.17) is 4.74 Å². The summed E-state index contributed by atoms with van der Waals surface area (Å²) in [5, 5.41) is 2.05. The number of hydrogen-bond donors (Lipinski definition) is 0. The highest BCUT2D eigenvalue weighted by atomic mass is 32.2. The van der Waals surface area contributed by atoms with E-state index in [1.807, 2.05) is 11.0 Å². The number of esters is 1. The van der Waals surface area contributed by atoms with E-state index in [-0.39, 0.29) is 17.8 Å². The Hall–Kier alpha value is -1.01. The summed E-state index contributed by atoms with van der Waals surface area (Å²) in [7, 11) is 1.42. The Morgan fingerprint density at radius 1 is 1.45 bits per heavy atom. The maximum absolute atomic E-state index is 12.1. The molecular formula is C14H19NO3S2. The molecule has 6 heteroatoms. The molecule has 1 aliphatic rings. The summed E-state index contributed by atoms with van der Waals surface area (Å²) in [6, 6.07) is 4.12. The third-order valence-electron chi connectivity index (χ3n) is 3.43. The topological polar surface area (TPSA) is 46.6 Å². The number of thiophene rings is 1. The van der Waals surface area contributed by atoms with Gasteiger partial charge in [0.1, 0.15) is 0 Å². The van der Waals surface area contributed by atoms with Gasteiger partial charge in [0.25, 0.3) is 0 Å². The molecule has 0 unspecified atom stereocenters. The van der Waals surface area contributed by atoms with Crippen LogP contribution >= 0.6 is 23.1 Å². The number of rotatable bonds is 5. The summed E-state index contributed by atoms with van der Waals surface area (Å²) in [5.74, 6) is 1.39. The van der Waals surface area contributed by atoms with E-state index in [1.54, 1.807) is 23.1 Å². The molecule has 1 aromatic rings.